The van der Waals surface area contributed by atoms with Crippen molar-refractivity contribution < 1.29 is 4.79 Å². The van der Waals surface area contributed by atoms with E-state index in [0.29, 0.717) is 31.5 Å². The topological polar surface area (TPSA) is 41.1 Å². The molecule has 21 heavy (non-hydrogen) atoms. The lowest BCUT2D eigenvalue weighted by Gasteiger charge is -2.10. The van der Waals surface area contributed by atoms with Gasteiger partial charge in [-0.2, -0.15) is 0 Å². The number of amides is 1. The van der Waals surface area contributed by atoms with Gasteiger partial charge in [0.25, 0.3) is 0 Å². The van der Waals surface area contributed by atoms with E-state index in [1.54, 1.807) is 36.4 Å². The average Bonchev–Trinajstić information content (AvgIpc) is 2.44. The molecule has 0 aliphatic rings. The molecule has 0 radical (unpaired) electrons. The summed E-state index contributed by atoms with van der Waals surface area (Å²) in [5, 5.41) is 7.39. The van der Waals surface area contributed by atoms with Crippen molar-refractivity contribution in [2.24, 2.45) is 0 Å². The SMILES string of the molecule is O=C(CNc1ccc(Cl)c(Cl)c1)Nc1cc(Cl)ccc1Cl. The highest BCUT2D eigenvalue weighted by Crippen LogP contribution is 2.26. The van der Waals surface area contributed by atoms with Crippen molar-refractivity contribution in [2.45, 2.75) is 0 Å². The van der Waals surface area contributed by atoms with Crippen LogP contribution in [0.3, 0.4) is 0 Å². The van der Waals surface area contributed by atoms with Crippen LogP contribution in [0.2, 0.25) is 20.1 Å². The van der Waals surface area contributed by atoms with Crippen LogP contribution in [0.25, 0.3) is 0 Å². The summed E-state index contributed by atoms with van der Waals surface area (Å²) in [6.07, 6.45) is 0. The summed E-state index contributed by atoms with van der Waals surface area (Å²) in [5.41, 5.74) is 1.15. The van der Waals surface area contributed by atoms with Gasteiger partial charge in [0.2, 0.25) is 5.91 Å². The number of anilines is 2. The molecule has 0 bridgehead atoms. The Morgan fingerprint density at radius 1 is 0.905 bits per heavy atom. The molecule has 0 heterocycles. The molecule has 0 atom stereocenters. The van der Waals surface area contributed by atoms with Crippen LogP contribution in [-0.2, 0) is 4.79 Å². The Hall–Kier alpha value is -1.13. The second-order valence-electron chi connectivity index (χ2n) is 4.15. The molecule has 0 saturated carbocycles. The minimum atomic E-state index is -0.259. The zero-order chi connectivity index (χ0) is 15.4. The van der Waals surface area contributed by atoms with Crippen LogP contribution in [0, 0.1) is 0 Å². The van der Waals surface area contributed by atoms with Gasteiger partial charge in [-0.15, -0.1) is 0 Å². The highest BCUT2D eigenvalue weighted by atomic mass is 35.5. The molecule has 2 aromatic carbocycles. The van der Waals surface area contributed by atoms with Gasteiger partial charge in [0.15, 0.2) is 0 Å². The minimum Gasteiger partial charge on any atom is -0.376 e. The second kappa shape index (κ2) is 7.23. The molecule has 0 aromatic heterocycles. The van der Waals surface area contributed by atoms with Crippen LogP contribution < -0.4 is 10.6 Å². The summed E-state index contributed by atoms with van der Waals surface area (Å²) in [5.74, 6) is -0.259. The number of hydrogen-bond donors (Lipinski definition) is 2. The first-order valence-electron chi connectivity index (χ1n) is 5.89. The molecule has 0 saturated heterocycles. The summed E-state index contributed by atoms with van der Waals surface area (Å²) in [6, 6.07) is 9.87. The first kappa shape index (κ1) is 16.2. The van der Waals surface area contributed by atoms with Gasteiger partial charge in [0.1, 0.15) is 0 Å². The predicted octanol–water partition coefficient (Wildman–Crippen LogP) is 5.35. The summed E-state index contributed by atoms with van der Waals surface area (Å²) < 4.78 is 0. The van der Waals surface area contributed by atoms with E-state index in [2.05, 4.69) is 10.6 Å². The van der Waals surface area contributed by atoms with Gasteiger partial charge in [0.05, 0.1) is 27.3 Å². The van der Waals surface area contributed by atoms with Crippen molar-refractivity contribution in [1.82, 2.24) is 0 Å². The number of hydrogen-bond acceptors (Lipinski definition) is 2. The van der Waals surface area contributed by atoms with Gasteiger partial charge >= 0.3 is 0 Å². The number of carbonyl (C=O) groups excluding carboxylic acids is 1. The molecule has 7 heteroatoms. The van der Waals surface area contributed by atoms with Crippen LogP contribution >= 0.6 is 46.4 Å². The maximum Gasteiger partial charge on any atom is 0.243 e. The van der Waals surface area contributed by atoms with E-state index >= 15 is 0 Å². The third-order valence-corrected chi connectivity index (χ3v) is 3.88. The molecule has 1 amide bonds. The Labute approximate surface area is 142 Å². The van der Waals surface area contributed by atoms with E-state index < -0.39 is 0 Å². The van der Waals surface area contributed by atoms with Gasteiger partial charge in [-0.1, -0.05) is 46.4 Å². The molecule has 0 unspecified atom stereocenters. The number of halogens is 4. The smallest absolute Gasteiger partial charge is 0.243 e. The number of nitrogens with one attached hydrogen (secondary N) is 2. The van der Waals surface area contributed by atoms with Gasteiger partial charge in [0, 0.05) is 10.7 Å². The van der Waals surface area contributed by atoms with E-state index in [4.69, 9.17) is 46.4 Å². The van der Waals surface area contributed by atoms with E-state index in [9.17, 15) is 4.79 Å². The maximum atomic E-state index is 11.9. The molecular formula is C14H10Cl4N2O. The van der Waals surface area contributed by atoms with Crippen LogP contribution in [-0.4, -0.2) is 12.5 Å². The molecule has 2 aromatic rings. The monoisotopic (exact) mass is 362 g/mol. The van der Waals surface area contributed by atoms with Gasteiger partial charge in [-0.25, -0.2) is 0 Å². The zero-order valence-corrected chi connectivity index (χ0v) is 13.6. The maximum absolute atomic E-state index is 11.9. The Morgan fingerprint density at radius 2 is 1.62 bits per heavy atom. The molecule has 0 aliphatic carbocycles. The molecule has 110 valence electrons. The molecule has 0 spiro atoms. The molecule has 0 aliphatic heterocycles. The average molecular weight is 364 g/mol. The Morgan fingerprint density at radius 3 is 2.33 bits per heavy atom. The van der Waals surface area contributed by atoms with Crippen LogP contribution in [0.5, 0.6) is 0 Å². The molecule has 3 nitrogen and oxygen atoms in total. The molecule has 0 fully saturated rings. The Balaban J connectivity index is 1.95. The number of benzene rings is 2. The van der Waals surface area contributed by atoms with Crippen LogP contribution in [0.4, 0.5) is 11.4 Å². The van der Waals surface area contributed by atoms with Crippen molar-refractivity contribution in [1.29, 1.82) is 0 Å². The van der Waals surface area contributed by atoms with E-state index in [1.165, 1.54) is 0 Å². The predicted molar refractivity (Wildman–Crippen MR) is 90.0 cm³/mol. The molecule has 2 rings (SSSR count). The lowest BCUT2D eigenvalue weighted by atomic mass is 10.3. The van der Waals surface area contributed by atoms with E-state index in [0.717, 1.165) is 0 Å². The van der Waals surface area contributed by atoms with E-state index in [1.807, 2.05) is 0 Å². The zero-order valence-electron chi connectivity index (χ0n) is 10.6. The van der Waals surface area contributed by atoms with Crippen molar-refractivity contribution >= 4 is 63.7 Å². The summed E-state index contributed by atoms with van der Waals surface area (Å²) in [7, 11) is 0. The Kier molecular flexibility index (Phi) is 5.59. The standard InChI is InChI=1S/C14H10Cl4N2O/c15-8-1-3-11(17)13(5-8)20-14(21)7-19-9-2-4-10(16)12(18)6-9/h1-6,19H,7H2,(H,20,21). The fourth-order valence-electron chi connectivity index (χ4n) is 1.58. The van der Waals surface area contributed by atoms with Crippen LogP contribution in [0.15, 0.2) is 36.4 Å². The number of rotatable bonds is 4. The lowest BCUT2D eigenvalue weighted by molar-refractivity contribution is -0.114. The first-order chi connectivity index (χ1) is 9.95. The fourth-order valence-corrected chi connectivity index (χ4v) is 2.21. The van der Waals surface area contributed by atoms with E-state index in [-0.39, 0.29) is 12.5 Å². The van der Waals surface area contributed by atoms with Gasteiger partial charge < -0.3 is 10.6 Å². The molecule has 2 N–H and O–H groups in total. The van der Waals surface area contributed by atoms with Crippen molar-refractivity contribution in [3.8, 4) is 0 Å². The lowest BCUT2D eigenvalue weighted by Crippen LogP contribution is -2.21. The highest BCUT2D eigenvalue weighted by Gasteiger charge is 2.07. The third kappa shape index (κ3) is 4.68. The van der Waals surface area contributed by atoms with Crippen LogP contribution in [0.1, 0.15) is 0 Å². The number of carbonyl (C=O) groups is 1. The normalized spacial score (nSPS) is 10.3. The molecular weight excluding hydrogens is 354 g/mol. The largest absolute Gasteiger partial charge is 0.376 e. The van der Waals surface area contributed by atoms with Crippen molar-refractivity contribution in [3.05, 3.63) is 56.5 Å². The van der Waals surface area contributed by atoms with Crippen molar-refractivity contribution in [2.75, 3.05) is 17.2 Å². The summed E-state index contributed by atoms with van der Waals surface area (Å²) in [6.45, 7) is 0.0564. The van der Waals surface area contributed by atoms with Gasteiger partial charge in [-0.3, -0.25) is 4.79 Å². The summed E-state index contributed by atoms with van der Waals surface area (Å²) >= 11 is 23.5. The quantitative estimate of drug-likeness (QED) is 0.768. The Bertz CT molecular complexity index is 676. The highest BCUT2D eigenvalue weighted by molar-refractivity contribution is 6.42. The minimum absolute atomic E-state index is 0.0564. The third-order valence-electron chi connectivity index (χ3n) is 2.58. The van der Waals surface area contributed by atoms with Gasteiger partial charge in [-0.05, 0) is 36.4 Å². The summed E-state index contributed by atoms with van der Waals surface area (Å²) in [4.78, 5) is 11.9. The fraction of sp³-hybridized carbons (Fsp3) is 0.0714. The first-order valence-corrected chi connectivity index (χ1v) is 7.41. The second-order valence-corrected chi connectivity index (χ2v) is 5.81. The van der Waals surface area contributed by atoms with Crippen molar-refractivity contribution in [3.63, 3.8) is 0 Å².